The maximum atomic E-state index is 11.1. The number of hydrogen-bond donors (Lipinski definition) is 0. The third-order valence-electron chi connectivity index (χ3n) is 1.55. The van der Waals surface area contributed by atoms with Crippen LogP contribution in [0.3, 0.4) is 0 Å². The minimum absolute atomic E-state index is 0.168. The van der Waals surface area contributed by atoms with E-state index in [-0.39, 0.29) is 12.4 Å². The van der Waals surface area contributed by atoms with Crippen LogP contribution in [-0.2, 0) is 19.0 Å². The van der Waals surface area contributed by atoms with Crippen molar-refractivity contribution in [1.82, 2.24) is 0 Å². The topological polar surface area (TPSA) is 78.9 Å². The first-order valence-corrected chi connectivity index (χ1v) is 6.21. The van der Waals surface area contributed by atoms with Crippen LogP contribution < -0.4 is 0 Å². The first-order valence-electron chi connectivity index (χ1n) is 4.34. The molecule has 0 unspecified atom stereocenters. The molecule has 0 radical (unpaired) electrons. The van der Waals surface area contributed by atoms with E-state index in [0.29, 0.717) is 6.61 Å². The van der Waals surface area contributed by atoms with Gasteiger partial charge in [-0.1, -0.05) is 0 Å². The molecule has 0 bridgehead atoms. The zero-order chi connectivity index (χ0) is 12.0. The monoisotopic (exact) mass is 266 g/mol. The highest BCUT2D eigenvalue weighted by Crippen LogP contribution is 2.27. The van der Waals surface area contributed by atoms with Gasteiger partial charge in [-0.2, -0.15) is 0 Å². The van der Waals surface area contributed by atoms with Crippen molar-refractivity contribution in [3.8, 4) is 0 Å². The van der Waals surface area contributed by atoms with Crippen molar-refractivity contribution >= 4 is 40.1 Å². The molecular weight excluding hydrogens is 256 g/mol. The number of hydrogen-bond acceptors (Lipinski definition) is 8. The average molecular weight is 266 g/mol. The van der Waals surface area contributed by atoms with Crippen molar-refractivity contribution in [3.63, 3.8) is 0 Å². The van der Waals surface area contributed by atoms with E-state index in [1.807, 2.05) is 0 Å². The molecule has 0 saturated carbocycles. The summed E-state index contributed by atoms with van der Waals surface area (Å²) >= 11 is 1.62. The second kappa shape index (κ2) is 6.77. The van der Waals surface area contributed by atoms with Gasteiger partial charge in [0.25, 0.3) is 0 Å². The molecule has 1 saturated heterocycles. The maximum Gasteiger partial charge on any atom is 0.375 e. The van der Waals surface area contributed by atoms with Crippen LogP contribution in [0.15, 0.2) is 0 Å². The number of methoxy groups -OCH3 is 1. The Kier molecular flexibility index (Phi) is 5.64. The van der Waals surface area contributed by atoms with Crippen LogP contribution in [0.1, 0.15) is 0 Å². The molecular formula is C8H10O6S2. The first kappa shape index (κ1) is 13.3. The molecule has 0 aromatic carbocycles. The summed E-state index contributed by atoms with van der Waals surface area (Å²) in [6, 6.07) is 0. The van der Waals surface area contributed by atoms with E-state index in [1.54, 1.807) is 0 Å². The van der Waals surface area contributed by atoms with Crippen LogP contribution in [0.25, 0.3) is 0 Å². The Balaban J connectivity index is 2.16. The minimum atomic E-state index is -0.622. The standard InChI is InChI=1S/C8H10O6S2/c1-12-2-3-13-7(10)15-4-5-6(9)14-8(11)16-5/h5H,2-4H2,1H3/t5-/m0/s1. The molecule has 16 heavy (non-hydrogen) atoms. The van der Waals surface area contributed by atoms with Gasteiger partial charge in [0.2, 0.25) is 0 Å². The van der Waals surface area contributed by atoms with E-state index in [4.69, 9.17) is 9.47 Å². The molecule has 1 atom stereocenters. The van der Waals surface area contributed by atoms with Gasteiger partial charge >= 0.3 is 16.6 Å². The number of thioether (sulfide) groups is 2. The summed E-state index contributed by atoms with van der Waals surface area (Å²) in [7, 11) is 1.50. The predicted octanol–water partition coefficient (Wildman–Crippen LogP) is 1.28. The molecule has 0 aromatic heterocycles. The average Bonchev–Trinajstić information content (AvgIpc) is 2.55. The zero-order valence-corrected chi connectivity index (χ0v) is 10.1. The number of rotatable bonds is 5. The molecule has 0 amide bonds. The van der Waals surface area contributed by atoms with Crippen LogP contribution in [0.5, 0.6) is 0 Å². The van der Waals surface area contributed by atoms with E-state index in [9.17, 15) is 14.4 Å². The van der Waals surface area contributed by atoms with E-state index in [2.05, 4.69) is 4.74 Å². The van der Waals surface area contributed by atoms with E-state index in [0.717, 1.165) is 23.5 Å². The van der Waals surface area contributed by atoms with Crippen molar-refractivity contribution in [2.24, 2.45) is 0 Å². The molecule has 1 fully saturated rings. The van der Waals surface area contributed by atoms with Crippen LogP contribution >= 0.6 is 23.5 Å². The summed E-state index contributed by atoms with van der Waals surface area (Å²) in [5.74, 6) is -0.437. The largest absolute Gasteiger partial charge is 0.455 e. The normalized spacial score (nSPS) is 19.7. The summed E-state index contributed by atoms with van der Waals surface area (Å²) < 4.78 is 13.8. The lowest BCUT2D eigenvalue weighted by Gasteiger charge is -2.04. The van der Waals surface area contributed by atoms with Crippen LogP contribution in [-0.4, -0.2) is 47.9 Å². The fraction of sp³-hybridized carbons (Fsp3) is 0.625. The predicted molar refractivity (Wildman–Crippen MR) is 58.5 cm³/mol. The Hall–Kier alpha value is -0.730. The smallest absolute Gasteiger partial charge is 0.375 e. The lowest BCUT2D eigenvalue weighted by Crippen LogP contribution is -2.16. The van der Waals surface area contributed by atoms with Gasteiger partial charge in [0.05, 0.1) is 6.61 Å². The second-order valence-electron chi connectivity index (χ2n) is 2.68. The van der Waals surface area contributed by atoms with Gasteiger partial charge in [-0.15, -0.1) is 0 Å². The van der Waals surface area contributed by atoms with Crippen molar-refractivity contribution < 1.29 is 28.6 Å². The number of cyclic esters (lactones) is 2. The van der Waals surface area contributed by atoms with Crippen molar-refractivity contribution in [2.75, 3.05) is 26.1 Å². The SMILES string of the molecule is COCCOC(=O)SC[C@@H]1SC(=O)OC1=O. The highest BCUT2D eigenvalue weighted by Gasteiger charge is 2.35. The molecule has 0 N–H and O–H groups in total. The fourth-order valence-corrected chi connectivity index (χ4v) is 2.41. The van der Waals surface area contributed by atoms with Gasteiger partial charge < -0.3 is 14.2 Å². The summed E-state index contributed by atoms with van der Waals surface area (Å²) in [6.07, 6.45) is 0. The lowest BCUT2D eigenvalue weighted by atomic mass is 10.5. The molecule has 1 heterocycles. The molecule has 90 valence electrons. The van der Waals surface area contributed by atoms with Crippen LogP contribution in [0.2, 0.25) is 0 Å². The van der Waals surface area contributed by atoms with Gasteiger partial charge in [-0.3, -0.25) is 4.79 Å². The first-order chi connectivity index (χ1) is 7.63. The molecule has 1 aliphatic heterocycles. The number of ether oxygens (including phenoxy) is 3. The highest BCUT2D eigenvalue weighted by molar-refractivity contribution is 8.17. The Morgan fingerprint density at radius 2 is 2.25 bits per heavy atom. The summed E-state index contributed by atoms with van der Waals surface area (Å²) in [6.45, 7) is 0.495. The number of esters is 1. The Labute approximate surface area is 100 Å². The van der Waals surface area contributed by atoms with E-state index >= 15 is 0 Å². The van der Waals surface area contributed by atoms with Crippen molar-refractivity contribution in [3.05, 3.63) is 0 Å². The molecule has 0 aromatic rings. The van der Waals surface area contributed by atoms with Gasteiger partial charge in [-0.25, -0.2) is 9.59 Å². The summed E-state index contributed by atoms with van der Waals surface area (Å²) in [4.78, 5) is 32.8. The van der Waals surface area contributed by atoms with Gasteiger partial charge in [0.1, 0.15) is 11.9 Å². The Morgan fingerprint density at radius 1 is 1.50 bits per heavy atom. The third-order valence-corrected chi connectivity index (χ3v) is 3.53. The van der Waals surface area contributed by atoms with Crippen LogP contribution in [0.4, 0.5) is 9.59 Å². The molecule has 8 heteroatoms. The maximum absolute atomic E-state index is 11.1. The van der Waals surface area contributed by atoms with Gasteiger partial charge in [-0.05, 0) is 23.5 Å². The molecule has 0 spiro atoms. The Bertz CT molecular complexity index is 292. The van der Waals surface area contributed by atoms with Crippen molar-refractivity contribution in [1.29, 1.82) is 0 Å². The van der Waals surface area contributed by atoms with Crippen molar-refractivity contribution in [2.45, 2.75) is 5.25 Å². The van der Waals surface area contributed by atoms with Gasteiger partial charge in [0, 0.05) is 12.9 Å². The minimum Gasteiger partial charge on any atom is -0.455 e. The van der Waals surface area contributed by atoms with E-state index < -0.39 is 21.8 Å². The summed E-state index contributed by atoms with van der Waals surface area (Å²) in [5, 5.41) is -1.74. The number of carbonyl (C=O) groups is 3. The van der Waals surface area contributed by atoms with Crippen LogP contribution in [0, 0.1) is 0 Å². The third kappa shape index (κ3) is 4.42. The summed E-state index contributed by atoms with van der Waals surface area (Å²) in [5.41, 5.74) is 0. The lowest BCUT2D eigenvalue weighted by molar-refractivity contribution is -0.134. The quantitative estimate of drug-likeness (QED) is 0.418. The molecule has 1 rings (SSSR count). The molecule has 6 nitrogen and oxygen atoms in total. The van der Waals surface area contributed by atoms with E-state index in [1.165, 1.54) is 7.11 Å². The van der Waals surface area contributed by atoms with Gasteiger partial charge in [0.15, 0.2) is 0 Å². The fourth-order valence-electron chi connectivity index (χ4n) is 0.832. The zero-order valence-electron chi connectivity index (χ0n) is 8.46. The Morgan fingerprint density at radius 3 is 2.81 bits per heavy atom. The second-order valence-corrected chi connectivity index (χ2v) is 4.77. The molecule has 1 aliphatic rings. The highest BCUT2D eigenvalue weighted by atomic mass is 32.2. The molecule has 0 aliphatic carbocycles. The number of carbonyl (C=O) groups excluding carboxylic acids is 3.